The molecule has 3 rings (SSSR count). The number of aryl methyl sites for hydroxylation is 1. The number of carbonyl (C=O) groups excluding carboxylic acids is 1. The number of nitrogens with zero attached hydrogens (tertiary/aromatic N) is 2. The molecule has 0 atom stereocenters. The zero-order valence-electron chi connectivity index (χ0n) is 18.1. The number of carbonyl (C=O) groups is 1. The molecule has 30 heavy (non-hydrogen) atoms. The van der Waals surface area contributed by atoms with E-state index >= 15 is 0 Å². The molecule has 1 aromatic rings. The summed E-state index contributed by atoms with van der Waals surface area (Å²) >= 11 is 0. The third kappa shape index (κ3) is 6.18. The average molecular weight is 438 g/mol. The second kappa shape index (κ2) is 11.1. The summed E-state index contributed by atoms with van der Waals surface area (Å²) in [5.41, 5.74) is 0.753. The van der Waals surface area contributed by atoms with Crippen molar-refractivity contribution in [1.29, 1.82) is 0 Å². The largest absolute Gasteiger partial charge is 0.496 e. The Hall–Kier alpha value is -1.64. The number of hydrogen-bond acceptors (Lipinski definition) is 5. The van der Waals surface area contributed by atoms with Crippen LogP contribution in [-0.4, -0.2) is 69.9 Å². The number of benzene rings is 1. The fourth-order valence-electron chi connectivity index (χ4n) is 4.24. The van der Waals surface area contributed by atoms with E-state index in [9.17, 15) is 13.2 Å². The molecule has 1 amide bonds. The van der Waals surface area contributed by atoms with E-state index in [4.69, 9.17) is 4.74 Å². The molecule has 0 spiro atoms. The number of nitrogens with one attached hydrogen (secondary N) is 1. The highest BCUT2D eigenvalue weighted by atomic mass is 32.2. The lowest BCUT2D eigenvalue weighted by Gasteiger charge is -2.26. The minimum atomic E-state index is -3.50. The SMILES string of the molecule is COc1ccc(S(=O)(=O)N2CCCCC2)cc1CCC(=O)NCCCN1CCCC1. The van der Waals surface area contributed by atoms with Gasteiger partial charge >= 0.3 is 0 Å². The summed E-state index contributed by atoms with van der Waals surface area (Å²) in [4.78, 5) is 15.0. The van der Waals surface area contributed by atoms with Crippen LogP contribution >= 0.6 is 0 Å². The molecule has 0 saturated carbocycles. The monoisotopic (exact) mass is 437 g/mol. The van der Waals surface area contributed by atoms with Crippen LogP contribution in [0.3, 0.4) is 0 Å². The molecule has 2 aliphatic heterocycles. The topological polar surface area (TPSA) is 79.0 Å². The van der Waals surface area contributed by atoms with Gasteiger partial charge in [-0.05, 0) is 81.9 Å². The molecule has 1 aromatic carbocycles. The van der Waals surface area contributed by atoms with Gasteiger partial charge in [0.05, 0.1) is 12.0 Å². The second-order valence-electron chi connectivity index (χ2n) is 8.19. The Kier molecular flexibility index (Phi) is 8.53. The van der Waals surface area contributed by atoms with Gasteiger partial charge in [0.1, 0.15) is 5.75 Å². The van der Waals surface area contributed by atoms with Crippen LogP contribution in [0.25, 0.3) is 0 Å². The number of hydrogen-bond donors (Lipinski definition) is 1. The molecule has 0 aliphatic carbocycles. The fraction of sp³-hybridized carbons (Fsp3) is 0.682. The van der Waals surface area contributed by atoms with Crippen molar-refractivity contribution in [3.8, 4) is 5.75 Å². The molecule has 2 aliphatic rings. The highest BCUT2D eigenvalue weighted by Gasteiger charge is 2.26. The van der Waals surface area contributed by atoms with Gasteiger partial charge in [-0.3, -0.25) is 4.79 Å². The van der Waals surface area contributed by atoms with Gasteiger partial charge in [-0.2, -0.15) is 4.31 Å². The first kappa shape index (κ1) is 23.0. The standard InChI is InChI=1S/C22H35N3O4S/c1-29-21-10-9-20(30(27,28)25-16-3-2-4-17-25)18-19(21)8-11-22(26)23-12-7-15-24-13-5-6-14-24/h9-10,18H,2-8,11-17H2,1H3,(H,23,26). The maximum absolute atomic E-state index is 13.0. The number of ether oxygens (including phenoxy) is 1. The highest BCUT2D eigenvalue weighted by molar-refractivity contribution is 7.89. The zero-order chi connectivity index (χ0) is 21.4. The minimum Gasteiger partial charge on any atom is -0.496 e. The van der Waals surface area contributed by atoms with Gasteiger partial charge in [0, 0.05) is 26.1 Å². The van der Waals surface area contributed by atoms with Crippen LogP contribution in [0.1, 0.15) is 50.5 Å². The molecule has 0 aromatic heterocycles. The summed E-state index contributed by atoms with van der Waals surface area (Å²) in [6.07, 6.45) is 7.16. The molecule has 2 fully saturated rings. The van der Waals surface area contributed by atoms with Gasteiger partial charge < -0.3 is 15.0 Å². The van der Waals surface area contributed by atoms with Crippen molar-refractivity contribution in [3.63, 3.8) is 0 Å². The number of piperidine rings is 1. The molecule has 0 radical (unpaired) electrons. The second-order valence-corrected chi connectivity index (χ2v) is 10.1. The lowest BCUT2D eigenvalue weighted by atomic mass is 10.1. The Morgan fingerprint density at radius 1 is 1.07 bits per heavy atom. The number of rotatable bonds is 10. The molecule has 2 saturated heterocycles. The summed E-state index contributed by atoms with van der Waals surface area (Å²) in [7, 11) is -1.94. The predicted molar refractivity (Wildman–Crippen MR) is 117 cm³/mol. The lowest BCUT2D eigenvalue weighted by molar-refractivity contribution is -0.121. The predicted octanol–water partition coefficient (Wildman–Crippen LogP) is 2.40. The Balaban J connectivity index is 1.53. The Labute approximate surface area is 180 Å². The van der Waals surface area contributed by atoms with Crippen LogP contribution in [0, 0.1) is 0 Å². The highest BCUT2D eigenvalue weighted by Crippen LogP contribution is 2.27. The molecule has 168 valence electrons. The maximum atomic E-state index is 13.0. The first-order valence-electron chi connectivity index (χ1n) is 11.2. The number of amides is 1. The summed E-state index contributed by atoms with van der Waals surface area (Å²) in [6.45, 7) is 5.20. The smallest absolute Gasteiger partial charge is 0.243 e. The average Bonchev–Trinajstić information content (AvgIpc) is 3.29. The van der Waals surface area contributed by atoms with E-state index in [1.807, 2.05) is 0 Å². The molecule has 1 N–H and O–H groups in total. The Morgan fingerprint density at radius 3 is 2.47 bits per heavy atom. The van der Waals surface area contributed by atoms with E-state index in [0.29, 0.717) is 38.2 Å². The molecule has 2 heterocycles. The summed E-state index contributed by atoms with van der Waals surface area (Å²) in [6, 6.07) is 4.97. The van der Waals surface area contributed by atoms with Crippen molar-refractivity contribution in [3.05, 3.63) is 23.8 Å². The summed E-state index contributed by atoms with van der Waals surface area (Å²) in [5.74, 6) is 0.609. The van der Waals surface area contributed by atoms with E-state index in [-0.39, 0.29) is 10.8 Å². The number of sulfonamides is 1. The lowest BCUT2D eigenvalue weighted by Crippen LogP contribution is -2.35. The maximum Gasteiger partial charge on any atom is 0.243 e. The Morgan fingerprint density at radius 2 is 1.77 bits per heavy atom. The van der Waals surface area contributed by atoms with Crippen molar-refractivity contribution in [2.75, 3.05) is 46.4 Å². The number of methoxy groups -OCH3 is 1. The molecular formula is C22H35N3O4S. The fourth-order valence-corrected chi connectivity index (χ4v) is 5.81. The minimum absolute atomic E-state index is 0.0113. The van der Waals surface area contributed by atoms with E-state index < -0.39 is 10.0 Å². The molecule has 0 unspecified atom stereocenters. The van der Waals surface area contributed by atoms with Crippen LogP contribution in [0.15, 0.2) is 23.1 Å². The van der Waals surface area contributed by atoms with Crippen molar-refractivity contribution in [2.45, 2.75) is 56.3 Å². The van der Waals surface area contributed by atoms with Crippen molar-refractivity contribution < 1.29 is 17.9 Å². The molecule has 0 bridgehead atoms. The van der Waals surface area contributed by atoms with Gasteiger partial charge in [-0.1, -0.05) is 6.42 Å². The van der Waals surface area contributed by atoms with E-state index in [0.717, 1.165) is 37.8 Å². The zero-order valence-corrected chi connectivity index (χ0v) is 18.9. The first-order chi connectivity index (χ1) is 14.5. The van der Waals surface area contributed by atoms with Gasteiger partial charge in [-0.15, -0.1) is 0 Å². The summed E-state index contributed by atoms with van der Waals surface area (Å²) < 4.78 is 32.9. The van der Waals surface area contributed by atoms with Crippen molar-refractivity contribution in [2.24, 2.45) is 0 Å². The summed E-state index contributed by atoms with van der Waals surface area (Å²) in [5, 5.41) is 2.98. The van der Waals surface area contributed by atoms with Crippen molar-refractivity contribution >= 4 is 15.9 Å². The molecular weight excluding hydrogens is 402 g/mol. The number of likely N-dealkylation sites (tertiary alicyclic amines) is 1. The Bertz CT molecular complexity index is 801. The first-order valence-corrected chi connectivity index (χ1v) is 12.6. The van der Waals surface area contributed by atoms with E-state index in [2.05, 4.69) is 10.2 Å². The van der Waals surface area contributed by atoms with E-state index in [1.165, 1.54) is 25.9 Å². The van der Waals surface area contributed by atoms with Crippen LogP contribution < -0.4 is 10.1 Å². The quantitative estimate of drug-likeness (QED) is 0.569. The van der Waals surface area contributed by atoms with E-state index in [1.54, 1.807) is 29.6 Å². The van der Waals surface area contributed by atoms with Gasteiger partial charge in [0.2, 0.25) is 15.9 Å². The van der Waals surface area contributed by atoms with Crippen LogP contribution in [-0.2, 0) is 21.2 Å². The van der Waals surface area contributed by atoms with Crippen LogP contribution in [0.2, 0.25) is 0 Å². The normalized spacial score (nSPS) is 18.4. The molecule has 8 heteroatoms. The third-order valence-corrected chi connectivity index (χ3v) is 7.89. The third-order valence-electron chi connectivity index (χ3n) is 6.00. The van der Waals surface area contributed by atoms with Gasteiger partial charge in [0.25, 0.3) is 0 Å². The van der Waals surface area contributed by atoms with Crippen LogP contribution in [0.5, 0.6) is 5.75 Å². The van der Waals surface area contributed by atoms with Crippen molar-refractivity contribution in [1.82, 2.24) is 14.5 Å². The molecule has 7 nitrogen and oxygen atoms in total. The van der Waals surface area contributed by atoms with Crippen LogP contribution in [0.4, 0.5) is 0 Å². The van der Waals surface area contributed by atoms with Gasteiger partial charge in [-0.25, -0.2) is 8.42 Å². The van der Waals surface area contributed by atoms with Gasteiger partial charge in [0.15, 0.2) is 0 Å².